The number of aliphatic hydroxyl groups is 1. The maximum Gasteiger partial charge on any atom is 0.471 e. The van der Waals surface area contributed by atoms with Gasteiger partial charge in [0.15, 0.2) is 5.82 Å². The van der Waals surface area contributed by atoms with Crippen molar-refractivity contribution in [1.29, 1.82) is 0 Å². The van der Waals surface area contributed by atoms with Gasteiger partial charge in [0, 0.05) is 45.0 Å². The molecule has 5 rings (SSSR count). The number of fused-ring (bicyclic) bond motifs is 1. The lowest BCUT2D eigenvalue weighted by Gasteiger charge is -2.16. The first kappa shape index (κ1) is 27.2. The van der Waals surface area contributed by atoms with E-state index in [9.17, 15) is 22.4 Å². The van der Waals surface area contributed by atoms with E-state index in [1.807, 2.05) is 0 Å². The number of amides is 1. The van der Waals surface area contributed by atoms with Crippen LogP contribution in [0.1, 0.15) is 22.7 Å². The largest absolute Gasteiger partial charge is 0.471 e. The van der Waals surface area contributed by atoms with Crippen molar-refractivity contribution in [2.24, 2.45) is 5.92 Å². The van der Waals surface area contributed by atoms with Gasteiger partial charge in [0.1, 0.15) is 23.6 Å². The summed E-state index contributed by atoms with van der Waals surface area (Å²) in [6.07, 6.45) is -1.73. The zero-order chi connectivity index (χ0) is 28.6. The summed E-state index contributed by atoms with van der Waals surface area (Å²) < 4.78 is 74.2. The van der Waals surface area contributed by atoms with Crippen LogP contribution in [0.15, 0.2) is 35.2 Å². The Morgan fingerprint density at radius 2 is 2.05 bits per heavy atom. The van der Waals surface area contributed by atoms with Crippen LogP contribution in [-0.2, 0) is 12.7 Å². The molecule has 1 saturated heterocycles. The van der Waals surface area contributed by atoms with Crippen molar-refractivity contribution in [3.05, 3.63) is 53.8 Å². The number of alkyl halides is 3. The lowest BCUT2D eigenvalue weighted by atomic mass is 10.1. The molecule has 1 aliphatic heterocycles. The first-order valence-electron chi connectivity index (χ1n) is 12.1. The van der Waals surface area contributed by atoms with Crippen LogP contribution < -0.4 is 10.2 Å². The number of benzene rings is 1. The Kier molecular flexibility index (Phi) is 7.27. The van der Waals surface area contributed by atoms with Gasteiger partial charge < -0.3 is 29.3 Å². The Morgan fingerprint density at radius 3 is 2.75 bits per heavy atom. The molecule has 212 valence electrons. The second-order valence-electron chi connectivity index (χ2n) is 9.32. The summed E-state index contributed by atoms with van der Waals surface area (Å²) in [5.41, 5.74) is 0.272. The first-order valence-corrected chi connectivity index (χ1v) is 12.1. The van der Waals surface area contributed by atoms with Gasteiger partial charge in [-0.3, -0.25) is 4.79 Å². The van der Waals surface area contributed by atoms with E-state index in [4.69, 9.17) is 5.11 Å². The van der Waals surface area contributed by atoms with E-state index in [0.29, 0.717) is 26.1 Å². The monoisotopic (exact) mass is 566 g/mol. The van der Waals surface area contributed by atoms with Gasteiger partial charge in [0.25, 0.3) is 11.9 Å². The number of rotatable bonds is 8. The number of carbonyl (C=O) groups excluding carboxylic acids is 1. The zero-order valence-electron chi connectivity index (χ0n) is 21.0. The fourth-order valence-corrected chi connectivity index (χ4v) is 4.56. The molecule has 0 radical (unpaired) electrons. The fraction of sp³-hybridized carbons (Fsp3) is 0.375. The number of likely N-dealkylation sites (N-methyl/N-ethyl adjacent to an activating group) is 1. The summed E-state index contributed by atoms with van der Waals surface area (Å²) in [6.45, 7) is 0.852. The van der Waals surface area contributed by atoms with E-state index in [0.717, 1.165) is 6.07 Å². The average molecular weight is 566 g/mol. The van der Waals surface area contributed by atoms with Crippen molar-refractivity contribution in [2.75, 3.05) is 43.5 Å². The minimum absolute atomic E-state index is 0.0103. The molecule has 1 amide bonds. The third-order valence-electron chi connectivity index (χ3n) is 6.54. The molecule has 40 heavy (non-hydrogen) atoms. The molecule has 1 aromatic carbocycles. The van der Waals surface area contributed by atoms with Crippen molar-refractivity contribution in [3.8, 4) is 0 Å². The molecule has 0 unspecified atom stereocenters. The molecule has 0 aliphatic carbocycles. The molecular weight excluding hydrogens is 543 g/mol. The lowest BCUT2D eigenvalue weighted by molar-refractivity contribution is -0.159. The van der Waals surface area contributed by atoms with E-state index in [1.54, 1.807) is 9.47 Å². The van der Waals surface area contributed by atoms with Crippen molar-refractivity contribution in [2.45, 2.75) is 19.1 Å². The Balaban J connectivity index is 1.32. The van der Waals surface area contributed by atoms with Crippen LogP contribution in [0.3, 0.4) is 0 Å². The van der Waals surface area contributed by atoms with Gasteiger partial charge >= 0.3 is 12.1 Å². The van der Waals surface area contributed by atoms with Crippen molar-refractivity contribution >= 4 is 34.4 Å². The van der Waals surface area contributed by atoms with Crippen molar-refractivity contribution in [3.63, 3.8) is 0 Å². The van der Waals surface area contributed by atoms with Gasteiger partial charge in [0.05, 0.1) is 17.7 Å². The number of aromatic nitrogens is 5. The molecule has 16 heteroatoms. The molecule has 2 N–H and O–H groups in total. The Bertz CT molecular complexity index is 1540. The number of halogens is 5. The molecule has 0 bridgehead atoms. The Hall–Kier alpha value is -4.34. The van der Waals surface area contributed by atoms with Gasteiger partial charge in [-0.1, -0.05) is 0 Å². The summed E-state index contributed by atoms with van der Waals surface area (Å²) >= 11 is 0. The maximum absolute atomic E-state index is 15.1. The van der Waals surface area contributed by atoms with Crippen LogP contribution in [-0.4, -0.2) is 73.9 Å². The topological polar surface area (TPSA) is 125 Å². The van der Waals surface area contributed by atoms with Crippen LogP contribution in [0.2, 0.25) is 0 Å². The van der Waals surface area contributed by atoms with Crippen LogP contribution in [0.4, 0.5) is 39.4 Å². The first-order chi connectivity index (χ1) is 19.0. The number of hydrogen-bond donors (Lipinski definition) is 2. The molecule has 4 heterocycles. The minimum Gasteiger partial charge on any atom is -0.395 e. The number of nitrogens with one attached hydrogen (secondary N) is 1. The van der Waals surface area contributed by atoms with E-state index in [2.05, 4.69) is 29.9 Å². The number of anilines is 3. The predicted molar refractivity (Wildman–Crippen MR) is 131 cm³/mol. The summed E-state index contributed by atoms with van der Waals surface area (Å²) in [5, 5.41) is 15.2. The third-order valence-corrected chi connectivity index (χ3v) is 6.54. The van der Waals surface area contributed by atoms with Crippen LogP contribution in [0.25, 0.3) is 11.0 Å². The fourth-order valence-electron chi connectivity index (χ4n) is 4.56. The Morgan fingerprint density at radius 1 is 1.25 bits per heavy atom. The highest BCUT2D eigenvalue weighted by molar-refractivity contribution is 5.95. The van der Waals surface area contributed by atoms with Gasteiger partial charge in [-0.2, -0.15) is 18.2 Å². The minimum atomic E-state index is -4.74. The van der Waals surface area contributed by atoms with Gasteiger partial charge in [0.2, 0.25) is 0 Å². The summed E-state index contributed by atoms with van der Waals surface area (Å²) in [5.74, 6) is -3.56. The highest BCUT2D eigenvalue weighted by atomic mass is 19.4. The number of hydrogen-bond acceptors (Lipinski definition) is 9. The molecule has 11 nitrogen and oxygen atoms in total. The van der Waals surface area contributed by atoms with Crippen LogP contribution in [0, 0.1) is 17.6 Å². The molecule has 3 aromatic heterocycles. The van der Waals surface area contributed by atoms with E-state index < -0.39 is 29.6 Å². The maximum atomic E-state index is 15.1. The second-order valence-corrected chi connectivity index (χ2v) is 9.32. The van der Waals surface area contributed by atoms with Crippen molar-refractivity contribution in [1.82, 2.24) is 29.6 Å². The van der Waals surface area contributed by atoms with E-state index in [-0.39, 0.29) is 53.1 Å². The summed E-state index contributed by atoms with van der Waals surface area (Å²) in [4.78, 5) is 26.8. The van der Waals surface area contributed by atoms with Crippen LogP contribution in [0.5, 0.6) is 0 Å². The Labute approximate surface area is 223 Å². The third kappa shape index (κ3) is 5.38. The summed E-state index contributed by atoms with van der Waals surface area (Å²) in [6, 6.07) is 3.76. The normalized spacial score (nSPS) is 15.7. The smallest absolute Gasteiger partial charge is 0.395 e. The van der Waals surface area contributed by atoms with E-state index >= 15 is 4.39 Å². The number of aliphatic hydroxyl groups excluding tert-OH is 1. The van der Waals surface area contributed by atoms with Gasteiger partial charge in [-0.05, 0) is 35.7 Å². The molecule has 1 atom stereocenters. The molecule has 1 aliphatic rings. The quantitative estimate of drug-likeness (QED) is 0.309. The number of carbonyl (C=O) groups is 1. The SMILES string of the molecule is CN(CCO)C(=O)c1ccc(Nc2ncnc3c2c(F)cn3C[C@H]2CCN(c3noc(C(F)(F)F)n3)C2)c(F)c1. The second kappa shape index (κ2) is 10.7. The molecule has 0 saturated carbocycles. The lowest BCUT2D eigenvalue weighted by Crippen LogP contribution is -2.29. The number of nitrogens with zero attached hydrogens (tertiary/aromatic N) is 7. The van der Waals surface area contributed by atoms with Crippen molar-refractivity contribution < 1.29 is 36.4 Å². The van der Waals surface area contributed by atoms with Gasteiger partial charge in [-0.15, -0.1) is 0 Å². The summed E-state index contributed by atoms with van der Waals surface area (Å²) in [7, 11) is 1.48. The predicted octanol–water partition coefficient (Wildman–Crippen LogP) is 3.45. The highest BCUT2D eigenvalue weighted by Crippen LogP contribution is 2.32. The standard InChI is InChI=1S/C24H23F5N8O3/c1-35(6-7-38)21(39)14-2-3-17(15(25)8-14)32-19-18-16(26)11-37(20(18)31-12-30-19)10-13-4-5-36(9-13)23-33-22(40-34-23)24(27,28)29/h2-3,8,11-13,38H,4-7,9-10H2,1H3,(H,30,31,32)/t13-/m0/s1. The van der Waals surface area contributed by atoms with Gasteiger partial charge in [-0.25, -0.2) is 18.7 Å². The van der Waals surface area contributed by atoms with Crippen LogP contribution >= 0.6 is 0 Å². The molecular formula is C24H23F5N8O3. The average Bonchev–Trinajstić information content (AvgIpc) is 3.65. The molecule has 1 fully saturated rings. The van der Waals surface area contributed by atoms with E-state index in [1.165, 1.54) is 36.6 Å². The zero-order valence-corrected chi connectivity index (χ0v) is 21.0. The highest BCUT2D eigenvalue weighted by Gasteiger charge is 2.39. The molecule has 4 aromatic rings. The molecule has 0 spiro atoms.